The number of anilines is 3. The van der Waals surface area contributed by atoms with Crippen LogP contribution in [-0.2, 0) is 20.1 Å². The standard InChI is InChI=1S/C25H31N7O2/c1-30(2)14-20-21(32-10-8-16(33)9-11-32)6-7-23(29-20)28-19-5-4-17(22-13-26-15-31(22)3)18-12-27-25(34)24(18)19/h4-7,13,15-16,33H,8-12,14H2,1-3H3,(H,27,34)(H,28,29). The minimum atomic E-state index is -0.218. The molecular weight excluding hydrogens is 430 g/mol. The maximum absolute atomic E-state index is 12.8. The monoisotopic (exact) mass is 461 g/mol. The van der Waals surface area contributed by atoms with E-state index in [-0.39, 0.29) is 12.0 Å². The third kappa shape index (κ3) is 4.24. The zero-order valence-corrected chi connectivity index (χ0v) is 19.9. The van der Waals surface area contributed by atoms with Crippen molar-refractivity contribution in [3.63, 3.8) is 0 Å². The number of amides is 1. The number of aliphatic hydroxyl groups excluding tert-OH is 1. The van der Waals surface area contributed by atoms with E-state index in [2.05, 4.69) is 31.5 Å². The number of pyridine rings is 1. The fourth-order valence-corrected chi connectivity index (χ4v) is 4.82. The lowest BCUT2D eigenvalue weighted by atomic mass is 9.99. The molecular formula is C25H31N7O2. The Kier molecular flexibility index (Phi) is 5.97. The highest BCUT2D eigenvalue weighted by Crippen LogP contribution is 2.35. The Morgan fingerprint density at radius 3 is 2.71 bits per heavy atom. The Bertz CT molecular complexity index is 1210. The molecule has 1 aromatic carbocycles. The molecule has 3 aromatic rings. The highest BCUT2D eigenvalue weighted by atomic mass is 16.3. The number of fused-ring (bicyclic) bond motifs is 1. The number of rotatable bonds is 6. The van der Waals surface area contributed by atoms with Crippen molar-refractivity contribution in [2.75, 3.05) is 37.4 Å². The molecule has 9 nitrogen and oxygen atoms in total. The van der Waals surface area contributed by atoms with Crippen LogP contribution in [0.15, 0.2) is 36.8 Å². The van der Waals surface area contributed by atoms with Crippen molar-refractivity contribution >= 4 is 23.1 Å². The van der Waals surface area contributed by atoms with Crippen LogP contribution < -0.4 is 15.5 Å². The molecule has 0 radical (unpaired) electrons. The highest BCUT2D eigenvalue weighted by molar-refractivity contribution is 6.06. The van der Waals surface area contributed by atoms with Gasteiger partial charge in [-0.05, 0) is 50.7 Å². The molecule has 5 rings (SSSR count). The Morgan fingerprint density at radius 2 is 2.00 bits per heavy atom. The van der Waals surface area contributed by atoms with Crippen LogP contribution in [0, 0.1) is 0 Å². The van der Waals surface area contributed by atoms with Gasteiger partial charge in [0.25, 0.3) is 5.91 Å². The van der Waals surface area contributed by atoms with Crippen LogP contribution in [-0.4, -0.2) is 63.7 Å². The van der Waals surface area contributed by atoms with Gasteiger partial charge in [0.2, 0.25) is 0 Å². The van der Waals surface area contributed by atoms with Gasteiger partial charge in [0.1, 0.15) is 5.82 Å². The molecule has 9 heteroatoms. The molecule has 178 valence electrons. The summed E-state index contributed by atoms with van der Waals surface area (Å²) in [5.74, 6) is 0.617. The first-order valence-corrected chi connectivity index (χ1v) is 11.7. The zero-order valence-electron chi connectivity index (χ0n) is 19.9. The van der Waals surface area contributed by atoms with E-state index in [0.717, 1.165) is 59.8 Å². The summed E-state index contributed by atoms with van der Waals surface area (Å²) < 4.78 is 1.96. The summed E-state index contributed by atoms with van der Waals surface area (Å²) in [6.45, 7) is 2.82. The number of aryl methyl sites for hydroxylation is 1. The number of aromatic nitrogens is 3. The van der Waals surface area contributed by atoms with Gasteiger partial charge in [0.15, 0.2) is 0 Å². The molecule has 3 N–H and O–H groups in total. The van der Waals surface area contributed by atoms with Crippen molar-refractivity contribution in [2.45, 2.75) is 32.0 Å². The third-order valence-corrected chi connectivity index (χ3v) is 6.54. The molecule has 0 aliphatic carbocycles. The number of carbonyl (C=O) groups excluding carboxylic acids is 1. The molecule has 0 atom stereocenters. The second-order valence-corrected chi connectivity index (χ2v) is 9.33. The van der Waals surface area contributed by atoms with Gasteiger partial charge in [-0.15, -0.1) is 0 Å². The number of nitrogens with one attached hydrogen (secondary N) is 2. The highest BCUT2D eigenvalue weighted by Gasteiger charge is 2.27. The van der Waals surface area contributed by atoms with Crippen molar-refractivity contribution < 1.29 is 9.90 Å². The molecule has 0 spiro atoms. The summed E-state index contributed by atoms with van der Waals surface area (Å²) in [6, 6.07) is 8.04. The molecule has 1 fully saturated rings. The predicted molar refractivity (Wildman–Crippen MR) is 132 cm³/mol. The molecule has 0 saturated carbocycles. The fourth-order valence-electron chi connectivity index (χ4n) is 4.82. The third-order valence-electron chi connectivity index (χ3n) is 6.54. The van der Waals surface area contributed by atoms with Crippen LogP contribution in [0.1, 0.15) is 34.5 Å². The van der Waals surface area contributed by atoms with Gasteiger partial charge in [0, 0.05) is 38.8 Å². The number of hydrogen-bond acceptors (Lipinski definition) is 7. The first kappa shape index (κ1) is 22.4. The van der Waals surface area contributed by atoms with Crippen molar-refractivity contribution in [2.24, 2.45) is 7.05 Å². The number of piperidine rings is 1. The van der Waals surface area contributed by atoms with E-state index in [4.69, 9.17) is 4.98 Å². The van der Waals surface area contributed by atoms with E-state index in [1.54, 1.807) is 6.33 Å². The van der Waals surface area contributed by atoms with E-state index >= 15 is 0 Å². The second kappa shape index (κ2) is 9.08. The van der Waals surface area contributed by atoms with Gasteiger partial charge in [-0.3, -0.25) is 4.79 Å². The van der Waals surface area contributed by atoms with Crippen LogP contribution in [0.3, 0.4) is 0 Å². The van der Waals surface area contributed by atoms with Crippen LogP contribution in [0.5, 0.6) is 0 Å². The number of benzene rings is 1. The Hall–Kier alpha value is -3.43. The van der Waals surface area contributed by atoms with E-state index in [1.165, 1.54) is 0 Å². The first-order valence-electron chi connectivity index (χ1n) is 11.7. The van der Waals surface area contributed by atoms with Crippen LogP contribution >= 0.6 is 0 Å². The van der Waals surface area contributed by atoms with Crippen molar-refractivity contribution in [1.29, 1.82) is 0 Å². The summed E-state index contributed by atoms with van der Waals surface area (Å²) in [4.78, 5) is 26.3. The molecule has 2 aromatic heterocycles. The average molecular weight is 462 g/mol. The topological polar surface area (TPSA) is 98.5 Å². The Balaban J connectivity index is 1.48. The van der Waals surface area contributed by atoms with Crippen LogP contribution in [0.25, 0.3) is 11.3 Å². The van der Waals surface area contributed by atoms with Crippen molar-refractivity contribution in [3.8, 4) is 11.3 Å². The average Bonchev–Trinajstić information content (AvgIpc) is 3.41. The minimum absolute atomic E-state index is 0.0847. The van der Waals surface area contributed by atoms with Gasteiger partial charge in [-0.2, -0.15) is 0 Å². The summed E-state index contributed by atoms with van der Waals surface area (Å²) >= 11 is 0. The molecule has 4 heterocycles. The number of aliphatic hydroxyl groups is 1. The van der Waals surface area contributed by atoms with Gasteiger partial charge in [-0.1, -0.05) is 6.07 Å². The maximum Gasteiger partial charge on any atom is 0.254 e. The quantitative estimate of drug-likeness (QED) is 0.519. The molecule has 2 aliphatic rings. The van der Waals surface area contributed by atoms with E-state index in [1.807, 2.05) is 50.1 Å². The van der Waals surface area contributed by atoms with Crippen molar-refractivity contribution in [1.82, 2.24) is 24.8 Å². The van der Waals surface area contributed by atoms with E-state index < -0.39 is 0 Å². The summed E-state index contributed by atoms with van der Waals surface area (Å²) in [5, 5.41) is 16.3. The molecule has 1 amide bonds. The zero-order chi connectivity index (χ0) is 23.8. The SMILES string of the molecule is CN(C)Cc1nc(Nc2ccc(-c3cncn3C)c3c2C(=O)NC3)ccc1N1CCC(O)CC1. The summed E-state index contributed by atoms with van der Waals surface area (Å²) in [5.41, 5.74) is 6.41. The van der Waals surface area contributed by atoms with Gasteiger partial charge >= 0.3 is 0 Å². The molecule has 34 heavy (non-hydrogen) atoms. The smallest absolute Gasteiger partial charge is 0.254 e. The number of carbonyl (C=O) groups is 1. The summed E-state index contributed by atoms with van der Waals surface area (Å²) in [7, 11) is 6.01. The lowest BCUT2D eigenvalue weighted by molar-refractivity contribution is 0.0966. The Labute approximate surface area is 199 Å². The fraction of sp³-hybridized carbons (Fsp3) is 0.400. The van der Waals surface area contributed by atoms with Crippen molar-refractivity contribution in [3.05, 3.63) is 53.6 Å². The number of hydrogen-bond donors (Lipinski definition) is 3. The number of nitrogens with zero attached hydrogens (tertiary/aromatic N) is 5. The maximum atomic E-state index is 12.8. The van der Waals surface area contributed by atoms with Crippen LogP contribution in [0.4, 0.5) is 17.2 Å². The molecule has 0 bridgehead atoms. The minimum Gasteiger partial charge on any atom is -0.393 e. The Morgan fingerprint density at radius 1 is 1.21 bits per heavy atom. The molecule has 0 unspecified atom stereocenters. The van der Waals surface area contributed by atoms with Gasteiger partial charge < -0.3 is 30.1 Å². The largest absolute Gasteiger partial charge is 0.393 e. The predicted octanol–water partition coefficient (Wildman–Crippen LogP) is 2.49. The molecule has 1 saturated heterocycles. The van der Waals surface area contributed by atoms with E-state index in [0.29, 0.717) is 24.5 Å². The van der Waals surface area contributed by atoms with E-state index in [9.17, 15) is 9.90 Å². The molecule has 2 aliphatic heterocycles. The van der Waals surface area contributed by atoms with Gasteiger partial charge in [-0.25, -0.2) is 9.97 Å². The normalized spacial score (nSPS) is 16.1. The summed E-state index contributed by atoms with van der Waals surface area (Å²) in [6.07, 6.45) is 4.90. The number of imidazole rings is 1. The van der Waals surface area contributed by atoms with Crippen LogP contribution in [0.2, 0.25) is 0 Å². The first-order chi connectivity index (χ1) is 16.4. The second-order valence-electron chi connectivity index (χ2n) is 9.33. The lowest BCUT2D eigenvalue weighted by Gasteiger charge is -2.33. The lowest BCUT2D eigenvalue weighted by Crippen LogP contribution is -2.36. The van der Waals surface area contributed by atoms with Gasteiger partial charge in [0.05, 0.1) is 47.0 Å².